The number of hydrogen-bond acceptors (Lipinski definition) is 4. The van der Waals surface area contributed by atoms with Crippen LogP contribution in [0.2, 0.25) is 0 Å². The number of anilines is 6. The van der Waals surface area contributed by atoms with Crippen LogP contribution in [0.5, 0.6) is 0 Å². The van der Waals surface area contributed by atoms with Gasteiger partial charge in [0.05, 0.1) is 11.4 Å². The highest BCUT2D eigenvalue weighted by molar-refractivity contribution is 5.88. The fraction of sp³-hybridized carbons (Fsp3) is 0.354. The van der Waals surface area contributed by atoms with Crippen LogP contribution in [-0.4, -0.2) is 9.97 Å². The lowest BCUT2D eigenvalue weighted by Crippen LogP contribution is -2.32. The van der Waals surface area contributed by atoms with E-state index in [2.05, 4.69) is 295 Å². The van der Waals surface area contributed by atoms with Gasteiger partial charge in [-0.25, -0.2) is 0 Å². The average Bonchev–Trinajstić information content (AvgIpc) is 1.56. The van der Waals surface area contributed by atoms with Gasteiger partial charge in [-0.15, -0.1) is 0 Å². The number of hydrogen-bond donors (Lipinski definition) is 0. The van der Waals surface area contributed by atoms with Gasteiger partial charge >= 0.3 is 0 Å². The van der Waals surface area contributed by atoms with E-state index in [1.807, 2.05) is 24.5 Å². The van der Waals surface area contributed by atoms with Crippen LogP contribution in [0.15, 0.2) is 231 Å². The van der Waals surface area contributed by atoms with Crippen molar-refractivity contribution in [2.45, 2.75) is 195 Å². The zero-order valence-corrected chi connectivity index (χ0v) is 61.2. The first-order valence-corrected chi connectivity index (χ1v) is 38.5. The molecule has 2 aliphatic carbocycles. The van der Waals surface area contributed by atoms with Crippen LogP contribution < -0.4 is 9.80 Å². The Morgan fingerprint density at radius 2 is 0.560 bits per heavy atom. The SMILES string of the molecule is CCCCC(CC)CC1(CC(CC)CCCC)c2cc(C#Cc3ccnc(-c4cc(C#Cc5ccc6c(c5)C(CC(CC)CCCC)(CC(CC)CCCC)c5cc(N(c7ccccc7)c7ccccc7)ccc5-6)ccn4)c3)ccc2-c2ccc(N(c3ccccc3)c3ccccc3)cc21. The maximum Gasteiger partial charge on any atom is 0.0898 e. The van der Waals surface area contributed by atoms with Gasteiger partial charge in [0.25, 0.3) is 0 Å². The van der Waals surface area contributed by atoms with E-state index in [0.29, 0.717) is 23.7 Å². The van der Waals surface area contributed by atoms with Crippen molar-refractivity contribution in [2.24, 2.45) is 23.7 Å². The van der Waals surface area contributed by atoms with Gasteiger partial charge in [0.15, 0.2) is 0 Å². The monoisotopic (exact) mass is 1310 g/mol. The quantitative estimate of drug-likeness (QED) is 0.0405. The van der Waals surface area contributed by atoms with Crippen LogP contribution in [0.4, 0.5) is 34.1 Å². The van der Waals surface area contributed by atoms with Crippen molar-refractivity contribution in [3.63, 3.8) is 0 Å². The summed E-state index contributed by atoms with van der Waals surface area (Å²) in [5.41, 5.74) is 23.5. The highest BCUT2D eigenvalue weighted by atomic mass is 15.1. The predicted molar refractivity (Wildman–Crippen MR) is 426 cm³/mol. The minimum Gasteiger partial charge on any atom is -0.310 e. The number of fused-ring (bicyclic) bond motifs is 6. The van der Waals surface area contributed by atoms with Crippen molar-refractivity contribution in [2.75, 3.05) is 9.80 Å². The summed E-state index contributed by atoms with van der Waals surface area (Å²) in [6, 6.07) is 81.0. The minimum absolute atomic E-state index is 0.182. The van der Waals surface area contributed by atoms with E-state index in [-0.39, 0.29) is 10.8 Å². The molecule has 0 amide bonds. The van der Waals surface area contributed by atoms with Gasteiger partial charge in [-0.1, -0.05) is 279 Å². The third kappa shape index (κ3) is 15.7. The summed E-state index contributed by atoms with van der Waals surface area (Å²) in [6.07, 6.45) is 27.8. The molecule has 2 aromatic heterocycles. The molecule has 0 radical (unpaired) electrons. The maximum absolute atomic E-state index is 4.92. The first-order chi connectivity index (χ1) is 49.2. The molecule has 0 bridgehead atoms. The average molecular weight is 1320 g/mol. The molecule has 0 fully saturated rings. The molecule has 4 unspecified atom stereocenters. The lowest BCUT2D eigenvalue weighted by Gasteiger charge is -2.39. The first kappa shape index (κ1) is 70.6. The topological polar surface area (TPSA) is 32.3 Å². The van der Waals surface area contributed by atoms with Crippen molar-refractivity contribution in [3.05, 3.63) is 275 Å². The summed E-state index contributed by atoms with van der Waals surface area (Å²) in [5.74, 6) is 17.1. The van der Waals surface area contributed by atoms with Crippen molar-refractivity contribution in [1.29, 1.82) is 0 Å². The summed E-state index contributed by atoms with van der Waals surface area (Å²) in [7, 11) is 0. The Morgan fingerprint density at radius 1 is 0.290 bits per heavy atom. The fourth-order valence-corrected chi connectivity index (χ4v) is 17.0. The van der Waals surface area contributed by atoms with Gasteiger partial charge in [0.1, 0.15) is 0 Å². The summed E-state index contributed by atoms with van der Waals surface area (Å²) in [6.45, 7) is 19.1. The maximum atomic E-state index is 4.92. The Bertz CT molecular complexity index is 4030. The molecule has 4 nitrogen and oxygen atoms in total. The lowest BCUT2D eigenvalue weighted by molar-refractivity contribution is 0.266. The van der Waals surface area contributed by atoms with Crippen LogP contribution in [0.1, 0.15) is 228 Å². The molecule has 0 saturated carbocycles. The molecule has 0 spiro atoms. The van der Waals surface area contributed by atoms with E-state index in [1.54, 1.807) is 0 Å². The van der Waals surface area contributed by atoms with Crippen LogP contribution in [0.3, 0.4) is 0 Å². The number of pyridine rings is 2. The van der Waals surface area contributed by atoms with Crippen molar-refractivity contribution in [1.82, 2.24) is 9.97 Å². The van der Waals surface area contributed by atoms with E-state index in [4.69, 9.17) is 9.97 Å². The van der Waals surface area contributed by atoms with Gasteiger partial charge in [-0.05, 0) is 215 Å². The molecular formula is C96H106N4. The van der Waals surface area contributed by atoms with E-state index in [9.17, 15) is 0 Å². The second kappa shape index (κ2) is 33.8. The Kier molecular flexibility index (Phi) is 23.8. The summed E-state index contributed by atoms with van der Waals surface area (Å²) in [5, 5.41) is 0. The van der Waals surface area contributed by atoms with Gasteiger partial charge in [0.2, 0.25) is 0 Å². The highest BCUT2D eigenvalue weighted by Gasteiger charge is 2.48. The molecule has 0 saturated heterocycles. The van der Waals surface area contributed by atoms with E-state index >= 15 is 0 Å². The normalized spacial score (nSPS) is 16.0. The molecule has 510 valence electrons. The molecule has 2 aliphatic rings. The second-order valence-electron chi connectivity index (χ2n) is 29.0. The van der Waals surface area contributed by atoms with Gasteiger partial charge < -0.3 is 9.80 Å². The molecule has 4 atom stereocenters. The number of para-hydroxylation sites is 4. The molecule has 2 heterocycles. The van der Waals surface area contributed by atoms with E-state index in [0.717, 1.165) is 82.1 Å². The summed E-state index contributed by atoms with van der Waals surface area (Å²) in [4.78, 5) is 14.7. The summed E-state index contributed by atoms with van der Waals surface area (Å²) < 4.78 is 0. The molecule has 12 rings (SSSR count). The standard InChI is InChI=1S/C96H106N4/c1-9-17-33-71(13-5)67-95(68-72(14-6)34-18-10-2)89-61-75(49-53-85(89)87-55-51-83(65-91(87)95)99(79-37-25-21-26-38-79)80-39-27-22-28-40-80)45-47-77-57-59-97-93(63-77)94-64-78(58-60-98-94)48-46-76-50-54-86-88-56-52-84(100(81-41-29-23-30-42-81)82-43-31-24-32-44-82)66-92(88)96(90(86)62-76,69-73(15-7)35-19-11-3)70-74(16-8)36-20-12-4/h21-32,37-44,49-66,71-74H,9-20,33-36,67-70H2,1-8H3. The number of unbranched alkanes of at least 4 members (excludes halogenated alkanes) is 4. The molecule has 0 aliphatic heterocycles. The number of rotatable bonds is 31. The van der Waals surface area contributed by atoms with E-state index < -0.39 is 0 Å². The molecule has 10 aromatic rings. The smallest absolute Gasteiger partial charge is 0.0898 e. The third-order valence-corrected chi connectivity index (χ3v) is 22.5. The van der Waals surface area contributed by atoms with Crippen molar-refractivity contribution >= 4 is 34.1 Å². The zero-order chi connectivity index (χ0) is 69.3. The Labute approximate surface area is 601 Å². The fourth-order valence-electron chi connectivity index (χ4n) is 17.0. The summed E-state index contributed by atoms with van der Waals surface area (Å²) >= 11 is 0. The van der Waals surface area contributed by atoms with Gasteiger partial charge in [-0.2, -0.15) is 0 Å². The second-order valence-corrected chi connectivity index (χ2v) is 29.0. The van der Waals surface area contributed by atoms with Crippen LogP contribution >= 0.6 is 0 Å². The highest BCUT2D eigenvalue weighted by Crippen LogP contribution is 2.60. The molecule has 0 N–H and O–H groups in total. The molecular weight excluding hydrogens is 1210 g/mol. The molecule has 4 heteroatoms. The Balaban J connectivity index is 0.889. The number of benzene rings is 8. The third-order valence-electron chi connectivity index (χ3n) is 22.5. The number of aromatic nitrogens is 2. The Morgan fingerprint density at radius 3 is 0.840 bits per heavy atom. The van der Waals surface area contributed by atoms with Crippen molar-refractivity contribution < 1.29 is 0 Å². The van der Waals surface area contributed by atoms with Crippen LogP contribution in [0.25, 0.3) is 33.6 Å². The lowest BCUT2D eigenvalue weighted by atomic mass is 9.65. The number of nitrogens with zero attached hydrogens (tertiary/aromatic N) is 4. The minimum atomic E-state index is -0.182. The zero-order valence-electron chi connectivity index (χ0n) is 61.2. The first-order valence-electron chi connectivity index (χ1n) is 38.5. The molecule has 8 aromatic carbocycles. The van der Waals surface area contributed by atoms with Gasteiger partial charge in [0, 0.05) is 79.6 Å². The van der Waals surface area contributed by atoms with Crippen molar-refractivity contribution in [3.8, 4) is 57.3 Å². The Hall–Kier alpha value is -9.22. The largest absolute Gasteiger partial charge is 0.310 e. The van der Waals surface area contributed by atoms with E-state index in [1.165, 1.54) is 159 Å². The predicted octanol–water partition coefficient (Wildman–Crippen LogP) is 26.8. The van der Waals surface area contributed by atoms with Crippen LogP contribution in [-0.2, 0) is 10.8 Å². The van der Waals surface area contributed by atoms with Gasteiger partial charge in [-0.3, -0.25) is 9.97 Å². The van der Waals surface area contributed by atoms with Crippen LogP contribution in [0, 0.1) is 47.4 Å². The molecule has 100 heavy (non-hydrogen) atoms.